The third kappa shape index (κ3) is 9.52. The van der Waals surface area contributed by atoms with Crippen molar-refractivity contribution in [3.63, 3.8) is 0 Å². The van der Waals surface area contributed by atoms with Crippen molar-refractivity contribution in [2.24, 2.45) is 0 Å². The second kappa shape index (κ2) is 15.2. The van der Waals surface area contributed by atoms with Crippen LogP contribution >= 0.6 is 0 Å². The van der Waals surface area contributed by atoms with Crippen LogP contribution in [-0.2, 0) is 32.6 Å². The maximum atomic E-state index is 13.8. The van der Waals surface area contributed by atoms with Gasteiger partial charge in [0.25, 0.3) is 0 Å². The van der Waals surface area contributed by atoms with Gasteiger partial charge in [-0.15, -0.1) is 0 Å². The van der Waals surface area contributed by atoms with E-state index in [2.05, 4.69) is 12.2 Å². The normalized spacial score (nSPS) is 12.0. The molecule has 1 atom stereocenters. The highest BCUT2D eigenvalue weighted by molar-refractivity contribution is 7.92. The van der Waals surface area contributed by atoms with E-state index >= 15 is 0 Å². The zero-order chi connectivity index (χ0) is 29.0. The van der Waals surface area contributed by atoms with Gasteiger partial charge in [-0.3, -0.25) is 13.9 Å². The van der Waals surface area contributed by atoms with Gasteiger partial charge >= 0.3 is 0 Å². The first-order valence-corrected chi connectivity index (χ1v) is 15.7. The zero-order valence-electron chi connectivity index (χ0n) is 23.8. The Hall–Kier alpha value is -3.65. The second-order valence-corrected chi connectivity index (χ2v) is 12.0. The lowest BCUT2D eigenvalue weighted by molar-refractivity contribution is -0.141. The average Bonchev–Trinajstić information content (AvgIpc) is 2.94. The summed E-state index contributed by atoms with van der Waals surface area (Å²) in [5.41, 5.74) is 3.57. The molecule has 0 unspecified atom stereocenters. The molecule has 40 heavy (non-hydrogen) atoms. The summed E-state index contributed by atoms with van der Waals surface area (Å²) in [5, 5.41) is 3.03. The number of carbonyl (C=O) groups is 2. The van der Waals surface area contributed by atoms with Crippen LogP contribution in [0.1, 0.15) is 49.3 Å². The number of nitrogens with zero attached hydrogens (tertiary/aromatic N) is 2. The number of amides is 2. The third-order valence-corrected chi connectivity index (χ3v) is 7.96. The molecule has 0 aliphatic carbocycles. The number of rotatable bonds is 15. The van der Waals surface area contributed by atoms with Gasteiger partial charge in [0.1, 0.15) is 6.04 Å². The van der Waals surface area contributed by atoms with Crippen molar-refractivity contribution < 1.29 is 18.0 Å². The number of para-hydroxylation sites is 1. The summed E-state index contributed by atoms with van der Waals surface area (Å²) in [5.74, 6) is -0.367. The number of benzene rings is 3. The standard InChI is InChI=1S/C32H41N3O4S/c1-4-5-22-33-32(37)30(24-27-13-8-6-9-14-27)34(25-28-20-18-26(2)19-21-28)31(36)17-12-23-35(40(3,38)39)29-15-10-7-11-16-29/h6-11,13-16,18-21,30H,4-5,12,17,22-25H2,1-3H3,(H,33,37)/t30-/m0/s1. The molecule has 0 aromatic heterocycles. The van der Waals surface area contributed by atoms with Gasteiger partial charge in [0, 0.05) is 32.5 Å². The highest BCUT2D eigenvalue weighted by Gasteiger charge is 2.30. The summed E-state index contributed by atoms with van der Waals surface area (Å²) in [7, 11) is -3.53. The van der Waals surface area contributed by atoms with Crippen LogP contribution in [0, 0.1) is 6.92 Å². The van der Waals surface area contributed by atoms with E-state index in [-0.39, 0.29) is 31.3 Å². The molecule has 0 aliphatic rings. The fraction of sp³-hybridized carbons (Fsp3) is 0.375. The number of nitrogens with one attached hydrogen (secondary N) is 1. The summed E-state index contributed by atoms with van der Waals surface area (Å²) < 4.78 is 26.4. The van der Waals surface area contributed by atoms with Gasteiger partial charge in [0.15, 0.2) is 0 Å². The molecule has 0 bridgehead atoms. The summed E-state index contributed by atoms with van der Waals surface area (Å²) in [4.78, 5) is 29.0. The Morgan fingerprint density at radius 2 is 1.48 bits per heavy atom. The van der Waals surface area contributed by atoms with Crippen LogP contribution in [0.5, 0.6) is 0 Å². The van der Waals surface area contributed by atoms with Crippen LogP contribution in [0.15, 0.2) is 84.9 Å². The van der Waals surface area contributed by atoms with Crippen LogP contribution in [0.25, 0.3) is 0 Å². The molecule has 0 saturated carbocycles. The molecular formula is C32H41N3O4S. The van der Waals surface area contributed by atoms with Gasteiger partial charge in [0.2, 0.25) is 21.8 Å². The molecule has 0 aliphatic heterocycles. The minimum atomic E-state index is -3.53. The number of hydrogen-bond acceptors (Lipinski definition) is 4. The summed E-state index contributed by atoms with van der Waals surface area (Å²) in [6.45, 7) is 5.07. The third-order valence-electron chi connectivity index (χ3n) is 6.77. The lowest BCUT2D eigenvalue weighted by atomic mass is 10.0. The Kier molecular flexibility index (Phi) is 11.8. The molecule has 2 amide bonds. The van der Waals surface area contributed by atoms with Crippen molar-refractivity contribution in [3.05, 3.63) is 102 Å². The molecular weight excluding hydrogens is 522 g/mol. The predicted molar refractivity (Wildman–Crippen MR) is 161 cm³/mol. The summed E-state index contributed by atoms with van der Waals surface area (Å²) in [6.07, 6.45) is 3.79. The monoisotopic (exact) mass is 563 g/mol. The molecule has 3 rings (SSSR count). The molecule has 3 aromatic rings. The largest absolute Gasteiger partial charge is 0.354 e. The maximum Gasteiger partial charge on any atom is 0.243 e. The first-order chi connectivity index (χ1) is 19.2. The first-order valence-electron chi connectivity index (χ1n) is 13.9. The van der Waals surface area contributed by atoms with E-state index in [0.717, 1.165) is 29.5 Å². The number of anilines is 1. The van der Waals surface area contributed by atoms with E-state index in [4.69, 9.17) is 0 Å². The highest BCUT2D eigenvalue weighted by atomic mass is 32.2. The Balaban J connectivity index is 1.85. The van der Waals surface area contributed by atoms with E-state index in [1.165, 1.54) is 10.6 Å². The van der Waals surface area contributed by atoms with Crippen molar-refractivity contribution in [2.45, 2.75) is 58.5 Å². The van der Waals surface area contributed by atoms with Crippen molar-refractivity contribution in [3.8, 4) is 0 Å². The van der Waals surface area contributed by atoms with E-state index < -0.39 is 16.1 Å². The van der Waals surface area contributed by atoms with Crippen molar-refractivity contribution in [1.82, 2.24) is 10.2 Å². The van der Waals surface area contributed by atoms with Crippen molar-refractivity contribution in [2.75, 3.05) is 23.7 Å². The topological polar surface area (TPSA) is 86.8 Å². The van der Waals surface area contributed by atoms with Gasteiger partial charge in [-0.2, -0.15) is 0 Å². The van der Waals surface area contributed by atoms with Crippen molar-refractivity contribution in [1.29, 1.82) is 0 Å². The Morgan fingerprint density at radius 3 is 2.08 bits per heavy atom. The molecule has 0 radical (unpaired) electrons. The minimum Gasteiger partial charge on any atom is -0.354 e. The van der Waals surface area contributed by atoms with Crippen LogP contribution in [-0.4, -0.2) is 50.5 Å². The lowest BCUT2D eigenvalue weighted by Crippen LogP contribution is -2.50. The molecule has 0 fully saturated rings. The lowest BCUT2D eigenvalue weighted by Gasteiger charge is -2.32. The van der Waals surface area contributed by atoms with E-state index in [9.17, 15) is 18.0 Å². The highest BCUT2D eigenvalue weighted by Crippen LogP contribution is 2.20. The van der Waals surface area contributed by atoms with Gasteiger partial charge in [-0.25, -0.2) is 8.42 Å². The number of hydrogen-bond donors (Lipinski definition) is 1. The first kappa shape index (κ1) is 30.9. The molecule has 3 aromatic carbocycles. The van der Waals surface area contributed by atoms with Gasteiger partial charge < -0.3 is 10.2 Å². The van der Waals surface area contributed by atoms with Crippen LogP contribution in [0.4, 0.5) is 5.69 Å². The number of carbonyl (C=O) groups excluding carboxylic acids is 2. The zero-order valence-corrected chi connectivity index (χ0v) is 24.6. The van der Waals surface area contributed by atoms with Crippen LogP contribution in [0.2, 0.25) is 0 Å². The predicted octanol–water partition coefficient (Wildman–Crippen LogP) is 5.10. The number of unbranched alkanes of at least 4 members (excludes halogenated alkanes) is 1. The summed E-state index contributed by atoms with van der Waals surface area (Å²) in [6, 6.07) is 25.8. The van der Waals surface area contributed by atoms with E-state index in [1.54, 1.807) is 29.2 Å². The smallest absolute Gasteiger partial charge is 0.243 e. The Morgan fingerprint density at radius 1 is 0.850 bits per heavy atom. The molecule has 7 nitrogen and oxygen atoms in total. The number of aryl methyl sites for hydroxylation is 1. The Labute approximate surface area is 239 Å². The van der Waals surface area contributed by atoms with Gasteiger partial charge in [-0.1, -0.05) is 91.7 Å². The fourth-order valence-corrected chi connectivity index (χ4v) is 5.51. The second-order valence-electron chi connectivity index (χ2n) is 10.1. The molecule has 8 heteroatoms. The maximum absolute atomic E-state index is 13.8. The van der Waals surface area contributed by atoms with Crippen LogP contribution in [0.3, 0.4) is 0 Å². The van der Waals surface area contributed by atoms with E-state index in [0.29, 0.717) is 25.1 Å². The quantitative estimate of drug-likeness (QED) is 0.261. The fourth-order valence-electron chi connectivity index (χ4n) is 4.55. The van der Waals surface area contributed by atoms with Gasteiger partial charge in [0.05, 0.1) is 11.9 Å². The Bertz CT molecular complexity index is 1310. The summed E-state index contributed by atoms with van der Waals surface area (Å²) >= 11 is 0. The molecule has 0 saturated heterocycles. The molecule has 0 heterocycles. The number of sulfonamides is 1. The SMILES string of the molecule is CCCCNC(=O)[C@H](Cc1ccccc1)N(Cc1ccc(C)cc1)C(=O)CCCN(c1ccccc1)S(C)(=O)=O. The van der Waals surface area contributed by atoms with Crippen LogP contribution < -0.4 is 9.62 Å². The molecule has 1 N–H and O–H groups in total. The van der Waals surface area contributed by atoms with Crippen molar-refractivity contribution >= 4 is 27.5 Å². The molecule has 0 spiro atoms. The average molecular weight is 564 g/mol. The van der Waals surface area contributed by atoms with Gasteiger partial charge in [-0.05, 0) is 43.0 Å². The minimum absolute atomic E-state index is 0.109. The molecule has 214 valence electrons. The van der Waals surface area contributed by atoms with E-state index in [1.807, 2.05) is 67.6 Å².